The molecule has 28 heavy (non-hydrogen) atoms. The van der Waals surface area contributed by atoms with Crippen LogP contribution in [0, 0.1) is 13.8 Å². The molecule has 148 valence electrons. The first-order valence-electron chi connectivity index (χ1n) is 9.60. The van der Waals surface area contributed by atoms with Crippen LogP contribution >= 0.6 is 11.3 Å². The summed E-state index contributed by atoms with van der Waals surface area (Å²) in [7, 11) is 4.18. The van der Waals surface area contributed by atoms with Crippen molar-refractivity contribution in [2.24, 2.45) is 0 Å². The summed E-state index contributed by atoms with van der Waals surface area (Å²) in [5.41, 5.74) is 3.89. The highest BCUT2D eigenvalue weighted by Gasteiger charge is 2.22. The zero-order valence-corrected chi connectivity index (χ0v) is 18.0. The molecule has 0 fully saturated rings. The van der Waals surface area contributed by atoms with Gasteiger partial charge in [-0.3, -0.25) is 9.69 Å². The van der Waals surface area contributed by atoms with E-state index in [-0.39, 0.29) is 5.91 Å². The van der Waals surface area contributed by atoms with Crippen LogP contribution in [-0.4, -0.2) is 44.7 Å². The maximum atomic E-state index is 13.3. The average Bonchev–Trinajstić information content (AvgIpc) is 3.07. The summed E-state index contributed by atoms with van der Waals surface area (Å²) in [6, 6.07) is 11.7. The van der Waals surface area contributed by atoms with E-state index in [0.29, 0.717) is 18.7 Å². The molecular formula is C22H28N3O2S+. The SMILES string of the molecule is CCOc1ccc2nc(N(CC[NH+](C)C)C(=O)c3ccc(C)c(C)c3)sc2c1. The number of hydrogen-bond acceptors (Lipinski definition) is 4. The van der Waals surface area contributed by atoms with E-state index in [1.54, 1.807) is 0 Å². The van der Waals surface area contributed by atoms with Crippen LogP contribution < -0.4 is 14.5 Å². The molecule has 1 aromatic heterocycles. The predicted octanol–water partition coefficient (Wildman–Crippen LogP) is 3.10. The normalized spacial score (nSPS) is 11.2. The Morgan fingerprint density at radius 3 is 2.61 bits per heavy atom. The first-order valence-corrected chi connectivity index (χ1v) is 10.4. The first kappa shape index (κ1) is 20.3. The Bertz CT molecular complexity index is 981. The van der Waals surface area contributed by atoms with Crippen molar-refractivity contribution in [3.05, 3.63) is 53.1 Å². The number of benzene rings is 2. The highest BCUT2D eigenvalue weighted by Crippen LogP contribution is 2.32. The topological polar surface area (TPSA) is 46.9 Å². The van der Waals surface area contributed by atoms with Crippen molar-refractivity contribution in [2.45, 2.75) is 20.8 Å². The number of carbonyl (C=O) groups excluding carboxylic acids is 1. The van der Waals surface area contributed by atoms with Crippen molar-refractivity contribution in [3.63, 3.8) is 0 Å². The van der Waals surface area contributed by atoms with Gasteiger partial charge in [-0.1, -0.05) is 17.4 Å². The Morgan fingerprint density at radius 1 is 1.14 bits per heavy atom. The van der Waals surface area contributed by atoms with Crippen LogP contribution in [0.2, 0.25) is 0 Å². The third-order valence-electron chi connectivity index (χ3n) is 4.72. The van der Waals surface area contributed by atoms with Gasteiger partial charge >= 0.3 is 0 Å². The van der Waals surface area contributed by atoms with Crippen LogP contribution in [0.1, 0.15) is 28.4 Å². The van der Waals surface area contributed by atoms with Crippen molar-refractivity contribution < 1.29 is 14.4 Å². The van der Waals surface area contributed by atoms with Crippen LogP contribution in [0.3, 0.4) is 0 Å². The summed E-state index contributed by atoms with van der Waals surface area (Å²) in [5.74, 6) is 0.823. The Kier molecular flexibility index (Phi) is 6.31. The quantitative estimate of drug-likeness (QED) is 0.665. The number of nitrogens with zero attached hydrogens (tertiary/aromatic N) is 2. The molecule has 1 heterocycles. The zero-order chi connectivity index (χ0) is 20.3. The molecule has 0 aliphatic heterocycles. The summed E-state index contributed by atoms with van der Waals surface area (Å²) in [5, 5.41) is 0.730. The van der Waals surface area contributed by atoms with Crippen LogP contribution in [-0.2, 0) is 0 Å². The lowest BCUT2D eigenvalue weighted by Crippen LogP contribution is -3.06. The van der Waals surface area contributed by atoms with Gasteiger partial charge in [0.25, 0.3) is 5.91 Å². The molecule has 5 nitrogen and oxygen atoms in total. The van der Waals surface area contributed by atoms with Crippen molar-refractivity contribution in [1.29, 1.82) is 0 Å². The number of aromatic nitrogens is 1. The Balaban J connectivity index is 1.97. The minimum absolute atomic E-state index is 0.00608. The van der Waals surface area contributed by atoms with Gasteiger partial charge < -0.3 is 9.64 Å². The van der Waals surface area contributed by atoms with E-state index in [0.717, 1.165) is 33.2 Å². The lowest BCUT2D eigenvalue weighted by molar-refractivity contribution is -0.856. The number of amides is 1. The maximum Gasteiger partial charge on any atom is 0.260 e. The minimum atomic E-state index is -0.00608. The maximum absolute atomic E-state index is 13.3. The van der Waals surface area contributed by atoms with Crippen LogP contribution in [0.5, 0.6) is 5.75 Å². The smallest absolute Gasteiger partial charge is 0.260 e. The predicted molar refractivity (Wildman–Crippen MR) is 116 cm³/mol. The molecule has 0 aliphatic rings. The third-order valence-corrected chi connectivity index (χ3v) is 5.77. The molecule has 0 spiro atoms. The second kappa shape index (κ2) is 8.71. The number of rotatable bonds is 7. The van der Waals surface area contributed by atoms with Gasteiger partial charge in [-0.05, 0) is 62.2 Å². The molecule has 0 unspecified atom stereocenters. The van der Waals surface area contributed by atoms with Gasteiger partial charge in [0, 0.05) is 5.56 Å². The number of fused-ring (bicyclic) bond motifs is 1. The fourth-order valence-corrected chi connectivity index (χ4v) is 3.93. The number of nitrogens with one attached hydrogen (secondary N) is 1. The summed E-state index contributed by atoms with van der Waals surface area (Å²) < 4.78 is 6.62. The molecule has 0 saturated carbocycles. The average molecular weight is 399 g/mol. The van der Waals surface area contributed by atoms with Crippen molar-refractivity contribution in [1.82, 2.24) is 4.98 Å². The van der Waals surface area contributed by atoms with Gasteiger partial charge in [0.2, 0.25) is 0 Å². The van der Waals surface area contributed by atoms with Gasteiger partial charge in [-0.15, -0.1) is 0 Å². The lowest BCUT2D eigenvalue weighted by atomic mass is 10.1. The number of aryl methyl sites for hydroxylation is 2. The van der Waals surface area contributed by atoms with Crippen molar-refractivity contribution in [2.75, 3.05) is 38.7 Å². The number of hydrogen-bond donors (Lipinski definition) is 1. The Morgan fingerprint density at radius 2 is 1.93 bits per heavy atom. The molecule has 3 aromatic rings. The molecule has 1 N–H and O–H groups in total. The summed E-state index contributed by atoms with van der Waals surface area (Å²) in [6.07, 6.45) is 0. The molecule has 2 aromatic carbocycles. The number of carbonyl (C=O) groups is 1. The standard InChI is InChI=1S/C22H27N3O2S/c1-6-27-18-9-10-19-20(14-18)28-22(23-19)25(12-11-24(4)5)21(26)17-8-7-15(2)16(3)13-17/h7-10,13-14H,6,11-12H2,1-5H3/p+1. The largest absolute Gasteiger partial charge is 0.494 e. The van der Waals surface area contributed by atoms with Crippen LogP contribution in [0.4, 0.5) is 5.13 Å². The molecular weight excluding hydrogens is 370 g/mol. The fourth-order valence-electron chi connectivity index (χ4n) is 2.91. The second-order valence-corrected chi connectivity index (χ2v) is 8.28. The van der Waals surface area contributed by atoms with Gasteiger partial charge in [-0.25, -0.2) is 4.98 Å². The van der Waals surface area contributed by atoms with Gasteiger partial charge in [-0.2, -0.15) is 0 Å². The monoisotopic (exact) mass is 398 g/mol. The van der Waals surface area contributed by atoms with E-state index < -0.39 is 0 Å². The molecule has 6 heteroatoms. The minimum Gasteiger partial charge on any atom is -0.494 e. The van der Waals surface area contributed by atoms with Gasteiger partial charge in [0.05, 0.1) is 44.0 Å². The third kappa shape index (κ3) is 4.51. The number of quaternary nitrogens is 1. The molecule has 0 radical (unpaired) electrons. The first-order chi connectivity index (χ1) is 13.4. The number of likely N-dealkylation sites (N-methyl/N-ethyl adjacent to an activating group) is 1. The summed E-state index contributed by atoms with van der Waals surface area (Å²) in [4.78, 5) is 21.2. The zero-order valence-electron chi connectivity index (χ0n) is 17.2. The van der Waals surface area contributed by atoms with E-state index in [9.17, 15) is 4.79 Å². The van der Waals surface area contributed by atoms with Crippen LogP contribution in [0.15, 0.2) is 36.4 Å². The molecule has 1 amide bonds. The van der Waals surface area contributed by atoms with Crippen LogP contribution in [0.25, 0.3) is 10.2 Å². The van der Waals surface area contributed by atoms with E-state index in [1.807, 2.05) is 55.1 Å². The number of thiazole rings is 1. The highest BCUT2D eigenvalue weighted by atomic mass is 32.1. The van der Waals surface area contributed by atoms with E-state index in [2.05, 4.69) is 21.0 Å². The Labute approximate surface area is 170 Å². The lowest BCUT2D eigenvalue weighted by Gasteiger charge is -2.21. The van der Waals surface area contributed by atoms with Crippen molar-refractivity contribution >= 4 is 32.6 Å². The Hall–Kier alpha value is -2.44. The number of anilines is 1. The van der Waals surface area contributed by atoms with E-state index >= 15 is 0 Å². The summed E-state index contributed by atoms with van der Waals surface area (Å²) in [6.45, 7) is 8.15. The van der Waals surface area contributed by atoms with Gasteiger partial charge in [0.15, 0.2) is 5.13 Å². The second-order valence-electron chi connectivity index (χ2n) is 7.27. The molecule has 3 rings (SSSR count). The van der Waals surface area contributed by atoms with E-state index in [1.165, 1.54) is 21.8 Å². The fraction of sp³-hybridized carbons (Fsp3) is 0.364. The van der Waals surface area contributed by atoms with E-state index in [4.69, 9.17) is 9.72 Å². The highest BCUT2D eigenvalue weighted by molar-refractivity contribution is 7.22. The summed E-state index contributed by atoms with van der Waals surface area (Å²) >= 11 is 1.53. The van der Waals surface area contributed by atoms with Gasteiger partial charge in [0.1, 0.15) is 5.75 Å². The van der Waals surface area contributed by atoms with Crippen molar-refractivity contribution in [3.8, 4) is 5.75 Å². The molecule has 0 aliphatic carbocycles. The molecule has 0 saturated heterocycles. The molecule has 0 atom stereocenters. The molecule has 0 bridgehead atoms. The number of ether oxygens (including phenoxy) is 1.